The van der Waals surface area contributed by atoms with E-state index in [2.05, 4.69) is 4.90 Å². The minimum Gasteiger partial charge on any atom is -0.394 e. The summed E-state index contributed by atoms with van der Waals surface area (Å²) in [6.07, 6.45) is 6.87. The Morgan fingerprint density at radius 3 is 2.32 bits per heavy atom. The zero-order chi connectivity index (χ0) is 30.3. The molecule has 3 fully saturated rings. The van der Waals surface area contributed by atoms with Crippen LogP contribution in [0.4, 0.5) is 5.69 Å². The second-order valence-corrected chi connectivity index (χ2v) is 12.0. The zero-order valence-corrected chi connectivity index (χ0v) is 24.6. The molecule has 44 heavy (non-hydrogen) atoms. The smallest absolute Gasteiger partial charge is 0.249 e. The minimum absolute atomic E-state index is 0.212. The lowest BCUT2D eigenvalue weighted by Gasteiger charge is -2.39. The Bertz CT molecular complexity index is 1440. The molecular formula is C34H38N4O6. The van der Waals surface area contributed by atoms with Crippen LogP contribution in [0, 0.1) is 11.8 Å². The number of fused-ring (bicyclic) bond motifs is 2. The maximum atomic E-state index is 14.8. The van der Waals surface area contributed by atoms with Crippen LogP contribution < -0.4 is 4.90 Å². The van der Waals surface area contributed by atoms with E-state index in [4.69, 9.17) is 9.47 Å². The van der Waals surface area contributed by atoms with E-state index in [0.717, 1.165) is 18.8 Å². The first-order chi connectivity index (χ1) is 21.5. The first kappa shape index (κ1) is 28.9. The third-order valence-electron chi connectivity index (χ3n) is 9.73. The van der Waals surface area contributed by atoms with Crippen LogP contribution in [0.3, 0.4) is 0 Å². The number of ether oxygens (including phenoxy) is 2. The van der Waals surface area contributed by atoms with E-state index >= 15 is 0 Å². The molecule has 0 bridgehead atoms. The van der Waals surface area contributed by atoms with Gasteiger partial charge in [-0.1, -0.05) is 72.8 Å². The number of anilines is 1. The van der Waals surface area contributed by atoms with Crippen molar-refractivity contribution in [3.63, 3.8) is 0 Å². The number of morpholine rings is 1. The molecule has 3 saturated heterocycles. The number of para-hydroxylation sites is 1. The predicted molar refractivity (Wildman–Crippen MR) is 162 cm³/mol. The fourth-order valence-corrected chi connectivity index (χ4v) is 7.62. The fourth-order valence-electron chi connectivity index (χ4n) is 7.62. The second kappa shape index (κ2) is 11.9. The van der Waals surface area contributed by atoms with Crippen molar-refractivity contribution in [2.45, 2.75) is 23.8 Å². The van der Waals surface area contributed by atoms with Gasteiger partial charge in [0.15, 0.2) is 0 Å². The van der Waals surface area contributed by atoms with Crippen molar-refractivity contribution < 1.29 is 29.0 Å². The van der Waals surface area contributed by atoms with Crippen LogP contribution in [0.2, 0.25) is 0 Å². The van der Waals surface area contributed by atoms with E-state index in [-0.39, 0.29) is 24.3 Å². The molecule has 1 N–H and O–H groups in total. The van der Waals surface area contributed by atoms with E-state index in [0.29, 0.717) is 45.0 Å². The number of amides is 3. The molecule has 2 aromatic rings. The lowest BCUT2D eigenvalue weighted by molar-refractivity contribution is -0.150. The van der Waals surface area contributed by atoms with E-state index in [1.54, 1.807) is 9.80 Å². The van der Waals surface area contributed by atoms with Crippen LogP contribution in [-0.4, -0.2) is 114 Å². The average Bonchev–Trinajstić information content (AvgIpc) is 3.38. The highest BCUT2D eigenvalue weighted by molar-refractivity contribution is 6.04. The van der Waals surface area contributed by atoms with E-state index in [9.17, 15) is 19.5 Å². The minimum atomic E-state index is -1.36. The molecule has 5 heterocycles. The number of hydrogen-bond donors (Lipinski definition) is 1. The molecule has 10 nitrogen and oxygen atoms in total. The van der Waals surface area contributed by atoms with Crippen molar-refractivity contribution in [2.75, 3.05) is 64.0 Å². The molecular weight excluding hydrogens is 560 g/mol. The van der Waals surface area contributed by atoms with Gasteiger partial charge in [0, 0.05) is 45.0 Å². The first-order valence-corrected chi connectivity index (χ1v) is 15.5. The van der Waals surface area contributed by atoms with Gasteiger partial charge in [-0.05, 0) is 17.7 Å². The molecule has 6 atom stereocenters. The zero-order valence-electron chi connectivity index (χ0n) is 24.6. The largest absolute Gasteiger partial charge is 0.394 e. The van der Waals surface area contributed by atoms with Crippen molar-refractivity contribution in [2.24, 2.45) is 11.8 Å². The van der Waals surface area contributed by atoms with Crippen LogP contribution in [-0.2, 0) is 23.9 Å². The number of aliphatic hydroxyl groups is 1. The lowest BCUT2D eigenvalue weighted by Crippen LogP contribution is -2.57. The number of aliphatic hydroxyl groups excluding tert-OH is 1. The third kappa shape index (κ3) is 4.77. The highest BCUT2D eigenvalue weighted by atomic mass is 16.5. The van der Waals surface area contributed by atoms with Crippen molar-refractivity contribution in [3.8, 4) is 0 Å². The highest BCUT2D eigenvalue weighted by Crippen LogP contribution is 2.55. The number of rotatable bonds is 7. The molecule has 7 rings (SSSR count). The average molecular weight is 599 g/mol. The molecule has 0 saturated carbocycles. The van der Waals surface area contributed by atoms with Gasteiger partial charge in [-0.25, -0.2) is 0 Å². The molecule has 10 heteroatoms. The summed E-state index contributed by atoms with van der Waals surface area (Å²) >= 11 is 0. The number of likely N-dealkylation sites (tertiary alicyclic amines) is 1. The second-order valence-electron chi connectivity index (χ2n) is 12.0. The fraction of sp³-hybridized carbons (Fsp3) is 0.441. The first-order valence-electron chi connectivity index (χ1n) is 15.5. The Kier molecular flexibility index (Phi) is 7.84. The maximum Gasteiger partial charge on any atom is 0.249 e. The molecule has 1 spiro atoms. The summed E-state index contributed by atoms with van der Waals surface area (Å²) in [4.78, 5) is 51.0. The summed E-state index contributed by atoms with van der Waals surface area (Å²) in [5.74, 6) is -2.56. The van der Waals surface area contributed by atoms with Crippen LogP contribution in [0.25, 0.3) is 0 Å². The summed E-state index contributed by atoms with van der Waals surface area (Å²) in [5.41, 5.74) is 0.0925. The number of carbonyl (C=O) groups excluding carboxylic acids is 3. The number of carbonyl (C=O) groups is 3. The molecule has 2 aromatic carbocycles. The lowest BCUT2D eigenvalue weighted by atomic mass is 9.77. The summed E-state index contributed by atoms with van der Waals surface area (Å²) in [6, 6.07) is 16.9. The molecule has 0 aromatic heterocycles. The molecule has 5 aliphatic rings. The SMILES string of the molecule is O=C1C2N([C@H](CO)c3ccccc3)C(=O)[C@@H]3[C@@H]4C(=O)N(c5ccccc5)CC=C[C@@H]4O[C@]23C=CCN1CCN1CCOCC1. The Labute approximate surface area is 257 Å². The van der Waals surface area contributed by atoms with Crippen LogP contribution in [0.1, 0.15) is 11.6 Å². The third-order valence-corrected chi connectivity index (χ3v) is 9.73. The Hall–Kier alpha value is -3.83. The quantitative estimate of drug-likeness (QED) is 0.484. The predicted octanol–water partition coefficient (Wildman–Crippen LogP) is 1.63. The molecule has 3 amide bonds. The monoisotopic (exact) mass is 598 g/mol. The topological polar surface area (TPSA) is 103 Å². The van der Waals surface area contributed by atoms with Gasteiger partial charge in [-0.3, -0.25) is 19.3 Å². The van der Waals surface area contributed by atoms with Crippen molar-refractivity contribution in [1.82, 2.24) is 14.7 Å². The number of hydrogen-bond acceptors (Lipinski definition) is 7. The summed E-state index contributed by atoms with van der Waals surface area (Å²) < 4.78 is 12.3. The van der Waals surface area contributed by atoms with Crippen LogP contribution >= 0.6 is 0 Å². The van der Waals surface area contributed by atoms with Crippen molar-refractivity contribution >= 4 is 23.4 Å². The number of benzene rings is 2. The molecule has 0 aliphatic carbocycles. The summed E-state index contributed by atoms with van der Waals surface area (Å²) in [7, 11) is 0. The maximum absolute atomic E-state index is 14.8. The van der Waals surface area contributed by atoms with E-state index < -0.39 is 35.6 Å². The Balaban J connectivity index is 1.29. The van der Waals surface area contributed by atoms with Crippen LogP contribution in [0.15, 0.2) is 85.0 Å². The molecule has 5 aliphatic heterocycles. The Morgan fingerprint density at radius 1 is 0.864 bits per heavy atom. The Morgan fingerprint density at radius 2 is 1.59 bits per heavy atom. The summed E-state index contributed by atoms with van der Waals surface area (Å²) in [6.45, 7) is 4.44. The highest BCUT2D eigenvalue weighted by Gasteiger charge is 2.72. The van der Waals surface area contributed by atoms with Gasteiger partial charge in [0.05, 0.1) is 43.8 Å². The van der Waals surface area contributed by atoms with E-state index in [1.165, 1.54) is 4.90 Å². The van der Waals surface area contributed by atoms with Gasteiger partial charge in [-0.15, -0.1) is 0 Å². The molecule has 0 radical (unpaired) electrons. The van der Waals surface area contributed by atoms with Crippen molar-refractivity contribution in [3.05, 3.63) is 90.5 Å². The standard InChI is InChI=1S/C34H38N4O6/c39-23-26(24-9-3-1-4-10-24)38-30-33(42)36(18-17-35-19-21-43-22-20-35)15-8-14-34(30)29(32(38)41)28-27(44-34)13-7-16-37(31(28)40)25-11-5-2-6-12-25/h1-14,26-30,39H,15-23H2/t26-,27+,28-,29+,30?,34+/m1/s1. The summed E-state index contributed by atoms with van der Waals surface area (Å²) in [5, 5.41) is 10.7. The van der Waals surface area contributed by atoms with Crippen LogP contribution in [0.5, 0.6) is 0 Å². The molecule has 230 valence electrons. The van der Waals surface area contributed by atoms with Crippen molar-refractivity contribution in [1.29, 1.82) is 0 Å². The van der Waals surface area contributed by atoms with Gasteiger partial charge in [0.1, 0.15) is 11.6 Å². The normalized spacial score (nSPS) is 31.0. The van der Waals surface area contributed by atoms with Gasteiger partial charge >= 0.3 is 0 Å². The van der Waals surface area contributed by atoms with Gasteiger partial charge < -0.3 is 29.3 Å². The van der Waals surface area contributed by atoms with Gasteiger partial charge in [-0.2, -0.15) is 0 Å². The number of nitrogens with zero attached hydrogens (tertiary/aromatic N) is 4. The van der Waals surface area contributed by atoms with Gasteiger partial charge in [0.25, 0.3) is 0 Å². The van der Waals surface area contributed by atoms with E-state index in [1.807, 2.05) is 85.0 Å². The van der Waals surface area contributed by atoms with Gasteiger partial charge in [0.2, 0.25) is 17.7 Å². The molecule has 1 unspecified atom stereocenters.